The van der Waals surface area contributed by atoms with Crippen molar-refractivity contribution in [3.05, 3.63) is 66.5 Å². The van der Waals surface area contributed by atoms with Crippen molar-refractivity contribution in [1.29, 1.82) is 0 Å². The summed E-state index contributed by atoms with van der Waals surface area (Å²) in [5.41, 5.74) is 3.73. The highest BCUT2D eigenvalue weighted by molar-refractivity contribution is 6.01. The molecule has 1 N–H and O–H groups in total. The predicted octanol–water partition coefficient (Wildman–Crippen LogP) is 2.40. The van der Waals surface area contributed by atoms with Crippen molar-refractivity contribution in [3.63, 3.8) is 0 Å². The molecule has 0 atom stereocenters. The Morgan fingerprint density at radius 2 is 1.96 bits per heavy atom. The van der Waals surface area contributed by atoms with Crippen LogP contribution >= 0.6 is 0 Å². The first-order valence-corrected chi connectivity index (χ1v) is 8.41. The van der Waals surface area contributed by atoms with E-state index in [0.717, 1.165) is 22.4 Å². The van der Waals surface area contributed by atoms with Gasteiger partial charge in [0.2, 0.25) is 0 Å². The first-order valence-electron chi connectivity index (χ1n) is 8.41. The molecule has 1 saturated heterocycles. The number of morpholine rings is 1. The summed E-state index contributed by atoms with van der Waals surface area (Å²) >= 11 is 0. The number of nitrogens with one attached hydrogen (secondary N) is 1. The summed E-state index contributed by atoms with van der Waals surface area (Å²) < 4.78 is 7.40. The molecule has 4 rings (SSSR count). The summed E-state index contributed by atoms with van der Waals surface area (Å²) in [6.07, 6.45) is 7.42. The standard InChI is InChI=1S/C19H20N4O2/c24-19(23-6-8-25-9-7-23)18-13-22(11-16-10-20-14-21-16)12-17(18)15-4-2-1-3-5-15/h1-5,10,12-14H,6-9,11H2,(H,20,21). The second kappa shape index (κ2) is 6.94. The van der Waals surface area contributed by atoms with Gasteiger partial charge in [-0.1, -0.05) is 30.3 Å². The normalized spacial score (nSPS) is 14.6. The average molecular weight is 336 g/mol. The molecule has 3 heterocycles. The van der Waals surface area contributed by atoms with E-state index in [1.807, 2.05) is 52.2 Å². The summed E-state index contributed by atoms with van der Waals surface area (Å²) in [7, 11) is 0. The summed E-state index contributed by atoms with van der Waals surface area (Å²) in [5.74, 6) is 0.0607. The van der Waals surface area contributed by atoms with Crippen LogP contribution in [0.1, 0.15) is 16.1 Å². The summed E-state index contributed by atoms with van der Waals surface area (Å²) in [6, 6.07) is 10.0. The van der Waals surface area contributed by atoms with Gasteiger partial charge in [0.25, 0.3) is 5.91 Å². The number of H-pyrrole nitrogens is 1. The Hall–Kier alpha value is -2.86. The highest BCUT2D eigenvalue weighted by atomic mass is 16.5. The molecule has 1 fully saturated rings. The minimum absolute atomic E-state index is 0.0607. The van der Waals surface area contributed by atoms with E-state index in [2.05, 4.69) is 9.97 Å². The van der Waals surface area contributed by atoms with Gasteiger partial charge >= 0.3 is 0 Å². The van der Waals surface area contributed by atoms with E-state index in [1.165, 1.54) is 0 Å². The zero-order valence-corrected chi connectivity index (χ0v) is 13.9. The fourth-order valence-corrected chi connectivity index (χ4v) is 3.12. The number of imidazole rings is 1. The first-order chi connectivity index (χ1) is 12.3. The van der Waals surface area contributed by atoms with Gasteiger partial charge in [-0.25, -0.2) is 4.98 Å². The molecule has 6 heteroatoms. The molecule has 128 valence electrons. The van der Waals surface area contributed by atoms with Gasteiger partial charge in [0.15, 0.2) is 0 Å². The molecule has 3 aromatic rings. The number of benzene rings is 1. The summed E-state index contributed by atoms with van der Waals surface area (Å²) in [4.78, 5) is 22.1. The van der Waals surface area contributed by atoms with Crippen molar-refractivity contribution in [1.82, 2.24) is 19.4 Å². The number of hydrogen-bond donors (Lipinski definition) is 1. The molecule has 2 aromatic heterocycles. The van der Waals surface area contributed by atoms with Gasteiger partial charge in [-0.2, -0.15) is 0 Å². The zero-order valence-electron chi connectivity index (χ0n) is 13.9. The van der Waals surface area contributed by atoms with E-state index in [1.54, 1.807) is 12.5 Å². The van der Waals surface area contributed by atoms with Gasteiger partial charge < -0.3 is 19.2 Å². The lowest BCUT2D eigenvalue weighted by Gasteiger charge is -2.27. The third kappa shape index (κ3) is 3.34. The molecule has 0 aliphatic carbocycles. The second-order valence-electron chi connectivity index (χ2n) is 6.11. The molecule has 0 bridgehead atoms. The Labute approximate surface area is 146 Å². The van der Waals surface area contributed by atoms with E-state index in [0.29, 0.717) is 32.8 Å². The smallest absolute Gasteiger partial charge is 0.256 e. The van der Waals surface area contributed by atoms with Crippen LogP contribution < -0.4 is 0 Å². The van der Waals surface area contributed by atoms with Crippen LogP contribution in [0.5, 0.6) is 0 Å². The van der Waals surface area contributed by atoms with Crippen LogP contribution in [-0.4, -0.2) is 51.6 Å². The average Bonchev–Trinajstić information content (AvgIpc) is 3.33. The number of aromatic nitrogens is 3. The van der Waals surface area contributed by atoms with Gasteiger partial charge in [0.1, 0.15) is 0 Å². The number of hydrogen-bond acceptors (Lipinski definition) is 3. The van der Waals surface area contributed by atoms with Crippen LogP contribution in [-0.2, 0) is 11.3 Å². The Balaban J connectivity index is 1.70. The maximum Gasteiger partial charge on any atom is 0.256 e. The molecular formula is C19H20N4O2. The quantitative estimate of drug-likeness (QED) is 0.796. The molecule has 1 aliphatic rings. The fraction of sp³-hybridized carbons (Fsp3) is 0.263. The van der Waals surface area contributed by atoms with Crippen LogP contribution in [0.3, 0.4) is 0 Å². The lowest BCUT2D eigenvalue weighted by Crippen LogP contribution is -2.40. The topological polar surface area (TPSA) is 63.2 Å². The van der Waals surface area contributed by atoms with Crippen molar-refractivity contribution >= 4 is 5.91 Å². The minimum Gasteiger partial charge on any atom is -0.378 e. The Morgan fingerprint density at radius 1 is 1.16 bits per heavy atom. The lowest BCUT2D eigenvalue weighted by molar-refractivity contribution is 0.0303. The molecule has 1 aromatic carbocycles. The molecule has 1 aliphatic heterocycles. The number of amides is 1. The van der Waals surface area contributed by atoms with Crippen molar-refractivity contribution in [2.24, 2.45) is 0 Å². The van der Waals surface area contributed by atoms with Crippen molar-refractivity contribution in [2.45, 2.75) is 6.54 Å². The van der Waals surface area contributed by atoms with Crippen LogP contribution in [0.2, 0.25) is 0 Å². The van der Waals surface area contributed by atoms with Crippen LogP contribution in [0, 0.1) is 0 Å². The lowest BCUT2D eigenvalue weighted by atomic mass is 10.0. The highest BCUT2D eigenvalue weighted by Crippen LogP contribution is 2.26. The van der Waals surface area contributed by atoms with Crippen LogP contribution in [0.4, 0.5) is 0 Å². The Bertz CT molecular complexity index is 834. The number of aromatic amines is 1. The maximum atomic E-state index is 13.0. The molecule has 0 unspecified atom stereocenters. The van der Waals surface area contributed by atoms with Crippen molar-refractivity contribution < 1.29 is 9.53 Å². The van der Waals surface area contributed by atoms with Gasteiger partial charge in [-0.05, 0) is 5.56 Å². The number of ether oxygens (including phenoxy) is 1. The molecule has 0 spiro atoms. The third-order valence-electron chi connectivity index (χ3n) is 4.40. The Kier molecular flexibility index (Phi) is 4.35. The Morgan fingerprint density at radius 3 is 2.68 bits per heavy atom. The summed E-state index contributed by atoms with van der Waals surface area (Å²) in [5, 5.41) is 0. The third-order valence-corrected chi connectivity index (χ3v) is 4.40. The van der Waals surface area contributed by atoms with Gasteiger partial charge in [0.05, 0.1) is 37.3 Å². The van der Waals surface area contributed by atoms with Crippen LogP contribution in [0.25, 0.3) is 11.1 Å². The molecular weight excluding hydrogens is 316 g/mol. The van der Waals surface area contributed by atoms with E-state index in [-0.39, 0.29) is 5.91 Å². The first kappa shape index (κ1) is 15.7. The number of rotatable bonds is 4. The highest BCUT2D eigenvalue weighted by Gasteiger charge is 2.23. The number of carbonyl (C=O) groups excluding carboxylic acids is 1. The van der Waals surface area contributed by atoms with Crippen molar-refractivity contribution in [3.8, 4) is 11.1 Å². The van der Waals surface area contributed by atoms with E-state index >= 15 is 0 Å². The van der Waals surface area contributed by atoms with E-state index in [4.69, 9.17) is 4.74 Å². The number of nitrogens with zero attached hydrogens (tertiary/aromatic N) is 3. The molecule has 0 saturated carbocycles. The predicted molar refractivity (Wildman–Crippen MR) is 94.3 cm³/mol. The van der Waals surface area contributed by atoms with Crippen molar-refractivity contribution in [2.75, 3.05) is 26.3 Å². The SMILES string of the molecule is O=C(c1cn(Cc2cnc[nH]2)cc1-c1ccccc1)N1CCOCC1. The molecule has 6 nitrogen and oxygen atoms in total. The minimum atomic E-state index is 0.0607. The summed E-state index contributed by atoms with van der Waals surface area (Å²) in [6.45, 7) is 3.12. The molecule has 0 radical (unpaired) electrons. The maximum absolute atomic E-state index is 13.0. The van der Waals surface area contributed by atoms with Gasteiger partial charge in [-0.3, -0.25) is 4.79 Å². The monoisotopic (exact) mass is 336 g/mol. The molecule has 25 heavy (non-hydrogen) atoms. The van der Waals surface area contributed by atoms with Crippen LogP contribution in [0.15, 0.2) is 55.2 Å². The van der Waals surface area contributed by atoms with Gasteiger partial charge in [0, 0.05) is 37.2 Å². The number of carbonyl (C=O) groups is 1. The second-order valence-corrected chi connectivity index (χ2v) is 6.11. The van der Waals surface area contributed by atoms with Gasteiger partial charge in [-0.15, -0.1) is 0 Å². The largest absolute Gasteiger partial charge is 0.378 e. The van der Waals surface area contributed by atoms with E-state index < -0.39 is 0 Å². The zero-order chi connectivity index (χ0) is 17.1. The fourth-order valence-electron chi connectivity index (χ4n) is 3.12. The van der Waals surface area contributed by atoms with E-state index in [9.17, 15) is 4.79 Å². The molecule has 1 amide bonds.